The molecular formula is C33H30N6O5+2. The van der Waals surface area contributed by atoms with Crippen LogP contribution < -0.4 is 8.97 Å². The molecule has 11 nitrogen and oxygen atoms in total. The fourth-order valence-corrected chi connectivity index (χ4v) is 5.85. The maximum Gasteiger partial charge on any atom is 0.356 e. The molecule has 2 atom stereocenters. The number of carboxylic acid groups (broad SMARTS) is 2. The number of hydrogen-bond donors (Lipinski definition) is 2. The molecule has 0 bridgehead atoms. The second-order valence-electron chi connectivity index (χ2n) is 11.1. The van der Waals surface area contributed by atoms with Gasteiger partial charge in [0.1, 0.15) is 35.2 Å². The molecule has 2 unspecified atom stereocenters. The third kappa shape index (κ3) is 4.41. The lowest BCUT2D eigenvalue weighted by atomic mass is 10.0. The molecule has 0 fully saturated rings. The van der Waals surface area contributed by atoms with Crippen LogP contribution in [0.1, 0.15) is 73.5 Å². The first kappa shape index (κ1) is 28.7. The summed E-state index contributed by atoms with van der Waals surface area (Å²) in [6, 6.07) is 15.5. The van der Waals surface area contributed by atoms with E-state index in [0.717, 1.165) is 35.6 Å². The van der Waals surface area contributed by atoms with Crippen molar-refractivity contribution in [3.8, 4) is 0 Å². The molecule has 2 aliphatic heterocycles. The van der Waals surface area contributed by atoms with Crippen LogP contribution in [-0.2, 0) is 0 Å². The van der Waals surface area contributed by atoms with Crippen molar-refractivity contribution in [2.75, 3.05) is 27.2 Å². The number of aromatic nitrogens is 4. The Bertz CT molecular complexity index is 1830. The Hall–Kier alpha value is -5.39. The molecule has 0 aliphatic carbocycles. The highest BCUT2D eigenvalue weighted by Gasteiger charge is 2.38. The lowest BCUT2D eigenvalue weighted by molar-refractivity contribution is 0.0680. The van der Waals surface area contributed by atoms with Crippen molar-refractivity contribution in [3.05, 3.63) is 119 Å². The standard InChI is InChI=1S/C33H28N6O5/c1-5-38(3)17-21(19-11-7-9-13-25(19)38)23-15-34-29(32(41)42)27(36-23)31(40)28-30(33(43)44)35-16-24(37-28)22-18-39(4,6-2)26-14-10-8-12-20(22)26/h7-18H,5-6H2,1-4H3/p+2. The van der Waals surface area contributed by atoms with Gasteiger partial charge >= 0.3 is 11.9 Å². The Morgan fingerprint density at radius 2 is 1.02 bits per heavy atom. The highest BCUT2D eigenvalue weighted by Crippen LogP contribution is 2.43. The summed E-state index contributed by atoms with van der Waals surface area (Å²) in [4.78, 5) is 55.8. The fourth-order valence-electron chi connectivity index (χ4n) is 5.85. The normalized spacial score (nSPS) is 20.0. The van der Waals surface area contributed by atoms with E-state index in [1.54, 1.807) is 0 Å². The van der Waals surface area contributed by atoms with E-state index in [2.05, 4.69) is 19.9 Å². The number of carbonyl (C=O) groups excluding carboxylic acids is 1. The van der Waals surface area contributed by atoms with Crippen LogP contribution in [0.4, 0.5) is 11.4 Å². The summed E-state index contributed by atoms with van der Waals surface area (Å²) in [5, 5.41) is 19.9. The van der Waals surface area contributed by atoms with E-state index in [1.165, 1.54) is 12.4 Å². The maximum absolute atomic E-state index is 14.1. The number of hydrogen-bond acceptors (Lipinski definition) is 7. The maximum atomic E-state index is 14.1. The topological polar surface area (TPSA) is 143 Å². The van der Waals surface area contributed by atoms with Gasteiger partial charge < -0.3 is 10.2 Å². The van der Waals surface area contributed by atoms with Gasteiger partial charge in [-0.25, -0.2) is 29.5 Å². The number of rotatable bonds is 8. The second kappa shape index (κ2) is 10.4. The van der Waals surface area contributed by atoms with E-state index >= 15 is 0 Å². The van der Waals surface area contributed by atoms with Crippen LogP contribution in [0, 0.1) is 0 Å². The molecule has 2 N–H and O–H groups in total. The molecule has 2 aliphatic rings. The van der Waals surface area contributed by atoms with Crippen LogP contribution in [-0.4, -0.2) is 75.1 Å². The van der Waals surface area contributed by atoms with Gasteiger partial charge in [0, 0.05) is 12.1 Å². The van der Waals surface area contributed by atoms with Gasteiger partial charge in [0.15, 0.2) is 11.4 Å². The number of carbonyl (C=O) groups is 3. The smallest absolute Gasteiger partial charge is 0.356 e. The molecule has 2 aromatic heterocycles. The quantitative estimate of drug-likeness (QED) is 0.222. The van der Waals surface area contributed by atoms with Crippen LogP contribution in [0.2, 0.25) is 0 Å². The largest absolute Gasteiger partial charge is 0.476 e. The van der Waals surface area contributed by atoms with Crippen molar-refractivity contribution >= 4 is 40.2 Å². The van der Waals surface area contributed by atoms with Crippen molar-refractivity contribution in [2.45, 2.75) is 13.8 Å². The number of nitrogens with zero attached hydrogens (tertiary/aromatic N) is 6. The Morgan fingerprint density at radius 3 is 1.39 bits per heavy atom. The molecule has 2 aromatic carbocycles. The molecule has 11 heteroatoms. The molecule has 0 spiro atoms. The number of benzene rings is 2. The lowest BCUT2D eigenvalue weighted by Crippen LogP contribution is -2.37. The van der Waals surface area contributed by atoms with E-state index in [-0.39, 0.29) is 11.4 Å². The van der Waals surface area contributed by atoms with Crippen molar-refractivity contribution in [1.29, 1.82) is 0 Å². The Kier molecular flexibility index (Phi) is 6.79. The predicted molar refractivity (Wildman–Crippen MR) is 165 cm³/mol. The highest BCUT2D eigenvalue weighted by molar-refractivity contribution is 6.15. The van der Waals surface area contributed by atoms with Gasteiger partial charge in [-0.15, -0.1) is 0 Å². The summed E-state index contributed by atoms with van der Waals surface area (Å²) < 4.78 is 0.944. The van der Waals surface area contributed by atoms with E-state index in [0.29, 0.717) is 20.1 Å². The van der Waals surface area contributed by atoms with Crippen LogP contribution in [0.25, 0.3) is 11.1 Å². The summed E-state index contributed by atoms with van der Waals surface area (Å²) in [6.45, 7) is 5.57. The Morgan fingerprint density at radius 1 is 0.636 bits per heavy atom. The van der Waals surface area contributed by atoms with Crippen molar-refractivity contribution in [3.63, 3.8) is 0 Å². The van der Waals surface area contributed by atoms with Crippen LogP contribution in [0.15, 0.2) is 73.3 Å². The predicted octanol–water partition coefficient (Wildman–Crippen LogP) is 4.61. The molecular weight excluding hydrogens is 560 g/mol. The lowest BCUT2D eigenvalue weighted by Gasteiger charge is -2.25. The number of quaternary nitrogens is 2. The fraction of sp³-hybridized carbons (Fsp3) is 0.182. The molecule has 220 valence electrons. The Labute approximate surface area is 253 Å². The van der Waals surface area contributed by atoms with Gasteiger partial charge in [-0.2, -0.15) is 0 Å². The SMILES string of the molecule is CC[N+]1(C)C=C(c2cnc(C(=O)O)c(C(=O)c3nc(C4=C[N+](C)(CC)c5ccccc54)cnc3C(=O)O)n2)c2ccccc21. The van der Waals surface area contributed by atoms with E-state index in [1.807, 2.05) is 88.9 Å². The second-order valence-corrected chi connectivity index (χ2v) is 11.1. The molecule has 6 rings (SSSR count). The summed E-state index contributed by atoms with van der Waals surface area (Å²) in [5.74, 6) is -3.96. The zero-order valence-corrected chi connectivity index (χ0v) is 24.6. The number of ketones is 1. The van der Waals surface area contributed by atoms with E-state index in [4.69, 9.17) is 0 Å². The first-order valence-corrected chi connectivity index (χ1v) is 14.1. The summed E-state index contributed by atoms with van der Waals surface area (Å²) in [5.41, 5.74) is 3.49. The van der Waals surface area contributed by atoms with Crippen LogP contribution in [0.5, 0.6) is 0 Å². The van der Waals surface area contributed by atoms with Gasteiger partial charge in [0.05, 0.1) is 73.2 Å². The van der Waals surface area contributed by atoms with E-state index < -0.39 is 40.5 Å². The average molecular weight is 591 g/mol. The van der Waals surface area contributed by atoms with Crippen LogP contribution in [0.3, 0.4) is 0 Å². The number of fused-ring (bicyclic) bond motifs is 2. The molecule has 44 heavy (non-hydrogen) atoms. The van der Waals surface area contributed by atoms with Gasteiger partial charge in [-0.05, 0) is 26.0 Å². The molecule has 4 heterocycles. The van der Waals surface area contributed by atoms with Gasteiger partial charge in [-0.3, -0.25) is 13.8 Å². The third-order valence-electron chi connectivity index (χ3n) is 8.56. The van der Waals surface area contributed by atoms with Gasteiger partial charge in [-0.1, -0.05) is 24.3 Å². The van der Waals surface area contributed by atoms with Crippen LogP contribution >= 0.6 is 0 Å². The zero-order chi connectivity index (χ0) is 31.4. The van der Waals surface area contributed by atoms with Crippen molar-refractivity contribution in [1.82, 2.24) is 28.9 Å². The summed E-state index contributed by atoms with van der Waals surface area (Å²) in [6.07, 6.45) is 6.61. The molecule has 0 saturated carbocycles. The summed E-state index contributed by atoms with van der Waals surface area (Å²) >= 11 is 0. The number of carboxylic acids is 2. The third-order valence-corrected chi connectivity index (χ3v) is 8.56. The van der Waals surface area contributed by atoms with Crippen molar-refractivity contribution < 1.29 is 24.6 Å². The number of para-hydroxylation sites is 2. The van der Waals surface area contributed by atoms with Crippen molar-refractivity contribution in [2.24, 2.45) is 0 Å². The Balaban J connectivity index is 1.51. The first-order chi connectivity index (χ1) is 21.0. The molecule has 0 saturated heterocycles. The minimum atomic E-state index is -1.48. The molecule has 0 amide bonds. The van der Waals surface area contributed by atoms with Gasteiger partial charge in [0.2, 0.25) is 5.78 Å². The first-order valence-electron chi connectivity index (χ1n) is 14.1. The zero-order valence-electron chi connectivity index (χ0n) is 24.6. The monoisotopic (exact) mass is 590 g/mol. The summed E-state index contributed by atoms with van der Waals surface area (Å²) in [7, 11) is 4.07. The number of aromatic carboxylic acids is 2. The average Bonchev–Trinajstić information content (AvgIpc) is 3.52. The minimum absolute atomic E-state index is 0.283. The highest BCUT2D eigenvalue weighted by atomic mass is 16.4. The molecule has 4 aromatic rings. The van der Waals surface area contributed by atoms with Gasteiger partial charge in [0.25, 0.3) is 0 Å². The van der Waals surface area contributed by atoms with E-state index in [9.17, 15) is 24.6 Å². The minimum Gasteiger partial charge on any atom is -0.476 e. The molecule has 0 radical (unpaired) electrons.